The van der Waals surface area contributed by atoms with Crippen molar-refractivity contribution >= 4 is 6.34 Å². The Hall–Kier alpha value is -0.450. The van der Waals surface area contributed by atoms with Crippen LogP contribution < -0.4 is 4.90 Å². The maximum Gasteiger partial charge on any atom is 0.189 e. The van der Waals surface area contributed by atoms with Crippen molar-refractivity contribution in [3.05, 3.63) is 0 Å². The number of quaternary nitrogens is 3. The maximum atomic E-state index is 7.25. The number of nitrogens with zero attached hydrogens (tertiary/aromatic N) is 2. The predicted molar refractivity (Wildman–Crippen MR) is 58.9 cm³/mol. The number of hydrogen-bond acceptors (Lipinski definition) is 1. The third-order valence-corrected chi connectivity index (χ3v) is 5.23. The van der Waals surface area contributed by atoms with Gasteiger partial charge in [-0.1, -0.05) is 0 Å². The van der Waals surface area contributed by atoms with Crippen LogP contribution in [0.3, 0.4) is 0 Å². The molecule has 4 aliphatic heterocycles. The van der Waals surface area contributed by atoms with Crippen LogP contribution in [0.5, 0.6) is 0 Å². The van der Waals surface area contributed by atoms with Gasteiger partial charge < -0.3 is 4.48 Å². The van der Waals surface area contributed by atoms with Crippen molar-refractivity contribution in [2.24, 2.45) is 0 Å². The average molecular weight is 211 g/mol. The fourth-order valence-corrected chi connectivity index (χ4v) is 3.59. The van der Waals surface area contributed by atoms with E-state index in [0.717, 1.165) is 6.04 Å². The molecule has 2 bridgehead atoms. The standard InChI is InChI=1S/C11H22N4/c1-14-2-5-15(6-3-14,7-4-14)11-8-13(9-11)10-12/h10-12H,2-9H2,1H3/q+2/p+1. The number of piperazine rings is 3. The summed E-state index contributed by atoms with van der Waals surface area (Å²) in [7, 11) is 2.42. The molecule has 4 heterocycles. The zero-order valence-corrected chi connectivity index (χ0v) is 9.71. The van der Waals surface area contributed by atoms with Crippen LogP contribution in [0.1, 0.15) is 0 Å². The first-order chi connectivity index (χ1) is 7.16. The third-order valence-electron chi connectivity index (χ3n) is 5.23. The minimum absolute atomic E-state index is 0.871. The van der Waals surface area contributed by atoms with E-state index in [2.05, 4.69) is 7.05 Å². The van der Waals surface area contributed by atoms with E-state index in [9.17, 15) is 0 Å². The SMILES string of the molecule is C[N+]12CC[N+](C3C[NH+](C=N)C3)(CC1)CC2. The van der Waals surface area contributed by atoms with E-state index in [4.69, 9.17) is 5.41 Å². The van der Waals surface area contributed by atoms with Crippen molar-refractivity contribution in [1.82, 2.24) is 0 Å². The monoisotopic (exact) mass is 211 g/mol. The fraction of sp³-hybridized carbons (Fsp3) is 0.909. The first-order valence-corrected chi connectivity index (χ1v) is 6.20. The Kier molecular flexibility index (Phi) is 1.97. The largest absolute Gasteiger partial charge is 0.312 e. The summed E-state index contributed by atoms with van der Waals surface area (Å²) in [6.07, 6.45) is 1.59. The van der Waals surface area contributed by atoms with E-state index < -0.39 is 0 Å². The van der Waals surface area contributed by atoms with Crippen molar-refractivity contribution in [3.63, 3.8) is 0 Å². The molecule has 4 heteroatoms. The second-order valence-electron chi connectivity index (χ2n) is 6.04. The number of likely N-dealkylation sites (N-methyl/N-ethyl adjacent to an activating group) is 1. The lowest BCUT2D eigenvalue weighted by Gasteiger charge is -2.58. The minimum atomic E-state index is 0.871. The number of fused-ring (bicyclic) bond motifs is 3. The zero-order valence-electron chi connectivity index (χ0n) is 9.71. The molecule has 0 amide bonds. The van der Waals surface area contributed by atoms with Gasteiger partial charge in [-0.15, -0.1) is 0 Å². The second kappa shape index (κ2) is 3.03. The van der Waals surface area contributed by atoms with Gasteiger partial charge in [-0.2, -0.15) is 0 Å². The minimum Gasteiger partial charge on any atom is -0.312 e. The van der Waals surface area contributed by atoms with Gasteiger partial charge in [-0.25, -0.2) is 0 Å². The van der Waals surface area contributed by atoms with Crippen LogP contribution in [0, 0.1) is 5.41 Å². The summed E-state index contributed by atoms with van der Waals surface area (Å²) in [5.41, 5.74) is 0. The average Bonchev–Trinajstić information content (AvgIpc) is 2.19. The molecule has 0 aromatic heterocycles. The Morgan fingerprint density at radius 2 is 1.60 bits per heavy atom. The molecule has 4 nitrogen and oxygen atoms in total. The number of hydrogen-bond donors (Lipinski definition) is 2. The molecule has 0 aliphatic carbocycles. The van der Waals surface area contributed by atoms with Gasteiger partial charge in [-0.3, -0.25) is 14.8 Å². The molecular weight excluding hydrogens is 188 g/mol. The Balaban J connectivity index is 1.69. The van der Waals surface area contributed by atoms with Gasteiger partial charge in [0, 0.05) is 0 Å². The zero-order chi connectivity index (χ0) is 10.5. The molecule has 84 valence electrons. The molecule has 0 aromatic rings. The van der Waals surface area contributed by atoms with E-state index in [1.807, 2.05) is 0 Å². The smallest absolute Gasteiger partial charge is 0.189 e. The molecule has 15 heavy (non-hydrogen) atoms. The molecule has 4 saturated heterocycles. The summed E-state index contributed by atoms with van der Waals surface area (Å²) in [4.78, 5) is 1.38. The quantitative estimate of drug-likeness (QED) is 0.305. The van der Waals surface area contributed by atoms with Gasteiger partial charge >= 0.3 is 0 Å². The van der Waals surface area contributed by atoms with Crippen LogP contribution in [-0.4, -0.2) is 80.8 Å². The Morgan fingerprint density at radius 1 is 1.07 bits per heavy atom. The van der Waals surface area contributed by atoms with Crippen molar-refractivity contribution in [1.29, 1.82) is 5.41 Å². The molecule has 2 N–H and O–H groups in total. The molecule has 0 unspecified atom stereocenters. The number of likely N-dealkylation sites (tertiary alicyclic amines) is 1. The topological polar surface area (TPSA) is 28.3 Å². The van der Waals surface area contributed by atoms with Crippen molar-refractivity contribution in [2.75, 3.05) is 59.4 Å². The predicted octanol–water partition coefficient (Wildman–Crippen LogP) is -1.85. The van der Waals surface area contributed by atoms with Gasteiger partial charge in [0.15, 0.2) is 12.4 Å². The molecule has 4 fully saturated rings. The van der Waals surface area contributed by atoms with Gasteiger partial charge in [0.2, 0.25) is 0 Å². The molecule has 0 spiro atoms. The molecule has 0 aromatic carbocycles. The molecule has 0 atom stereocenters. The summed E-state index contributed by atoms with van der Waals surface area (Å²) in [5, 5.41) is 7.25. The van der Waals surface area contributed by atoms with Gasteiger partial charge in [-0.05, 0) is 0 Å². The van der Waals surface area contributed by atoms with Crippen molar-refractivity contribution in [3.8, 4) is 0 Å². The molecular formula is C11H23N4+3. The fourth-order valence-electron chi connectivity index (χ4n) is 3.59. The van der Waals surface area contributed by atoms with Crippen LogP contribution >= 0.6 is 0 Å². The lowest BCUT2D eigenvalue weighted by Crippen LogP contribution is -3.22. The summed E-state index contributed by atoms with van der Waals surface area (Å²) in [6.45, 7) is 10.8. The lowest BCUT2D eigenvalue weighted by molar-refractivity contribution is -1.11. The van der Waals surface area contributed by atoms with Gasteiger partial charge in [0.25, 0.3) is 0 Å². The molecule has 4 aliphatic rings. The maximum absolute atomic E-state index is 7.25. The summed E-state index contributed by atoms with van der Waals surface area (Å²) < 4.78 is 2.72. The lowest BCUT2D eigenvalue weighted by atomic mass is 9.98. The number of rotatable bonds is 2. The van der Waals surface area contributed by atoms with E-state index in [1.54, 1.807) is 6.34 Å². The van der Waals surface area contributed by atoms with Crippen LogP contribution in [0.4, 0.5) is 0 Å². The highest BCUT2D eigenvalue weighted by atomic mass is 15.5. The highest BCUT2D eigenvalue weighted by Gasteiger charge is 2.55. The Morgan fingerprint density at radius 3 is 2.07 bits per heavy atom. The van der Waals surface area contributed by atoms with Crippen molar-refractivity contribution < 1.29 is 13.9 Å². The first kappa shape index (κ1) is 9.75. The van der Waals surface area contributed by atoms with Crippen LogP contribution in [0.25, 0.3) is 0 Å². The van der Waals surface area contributed by atoms with E-state index in [-0.39, 0.29) is 0 Å². The van der Waals surface area contributed by atoms with E-state index in [1.165, 1.54) is 66.2 Å². The molecule has 0 saturated carbocycles. The third kappa shape index (κ3) is 1.35. The molecule has 4 rings (SSSR count). The number of nitrogens with one attached hydrogen (secondary N) is 2. The first-order valence-electron chi connectivity index (χ1n) is 6.20. The van der Waals surface area contributed by atoms with Crippen molar-refractivity contribution in [2.45, 2.75) is 6.04 Å². The summed E-state index contributed by atoms with van der Waals surface area (Å²) in [6, 6.07) is 0.871. The summed E-state index contributed by atoms with van der Waals surface area (Å²) in [5.74, 6) is 0. The highest BCUT2D eigenvalue weighted by molar-refractivity contribution is 5.38. The normalized spacial score (nSPS) is 53.7. The van der Waals surface area contributed by atoms with Gasteiger partial charge in [0.05, 0.1) is 7.05 Å². The Bertz CT molecular complexity index is 258. The molecule has 0 radical (unpaired) electrons. The van der Waals surface area contributed by atoms with Crippen LogP contribution in [-0.2, 0) is 0 Å². The Labute approximate surface area is 91.8 Å². The van der Waals surface area contributed by atoms with E-state index in [0.29, 0.717) is 0 Å². The second-order valence-corrected chi connectivity index (χ2v) is 6.04. The van der Waals surface area contributed by atoms with E-state index >= 15 is 0 Å². The highest BCUT2D eigenvalue weighted by Crippen LogP contribution is 2.28. The van der Waals surface area contributed by atoms with Gasteiger partial charge in [0.1, 0.15) is 52.4 Å². The summed E-state index contributed by atoms with van der Waals surface area (Å²) >= 11 is 0. The van der Waals surface area contributed by atoms with Crippen LogP contribution in [0.15, 0.2) is 0 Å². The van der Waals surface area contributed by atoms with Crippen LogP contribution in [0.2, 0.25) is 0 Å².